The van der Waals surface area contributed by atoms with Crippen LogP contribution in [0.15, 0.2) is 42.5 Å². The molecule has 0 aliphatic heterocycles. The number of carbonyl (C=O) groups excluding carboxylic acids is 2. The summed E-state index contributed by atoms with van der Waals surface area (Å²) in [6, 6.07) is 13.5. The van der Waals surface area contributed by atoms with Gasteiger partial charge < -0.3 is 21.1 Å². The average Bonchev–Trinajstić information content (AvgIpc) is 3.06. The van der Waals surface area contributed by atoms with Crippen molar-refractivity contribution in [3.8, 4) is 11.1 Å². The number of benzene rings is 2. The number of amides is 2. The molecular weight excluding hydrogens is 346 g/mol. The summed E-state index contributed by atoms with van der Waals surface area (Å²) >= 11 is 0. The molecule has 3 aromatic rings. The highest BCUT2D eigenvalue weighted by atomic mass is 16.3. The molecule has 8 nitrogen and oxygen atoms in total. The molecule has 7 N–H and O–H groups in total. The van der Waals surface area contributed by atoms with E-state index < -0.39 is 5.91 Å². The molecule has 0 saturated heterocycles. The third-order valence-corrected chi connectivity index (χ3v) is 4.27. The van der Waals surface area contributed by atoms with Crippen LogP contribution in [0.1, 0.15) is 15.9 Å². The summed E-state index contributed by atoms with van der Waals surface area (Å²) in [4.78, 5) is 25.8. The second kappa shape index (κ2) is 8.00. The van der Waals surface area contributed by atoms with Crippen LogP contribution in [0.2, 0.25) is 0 Å². The third kappa shape index (κ3) is 3.82. The molecule has 27 heavy (non-hydrogen) atoms. The predicted octanol–water partition coefficient (Wildman–Crippen LogP) is 0.852. The zero-order chi connectivity index (χ0) is 19.4. The quantitative estimate of drug-likeness (QED) is 0.132. The summed E-state index contributed by atoms with van der Waals surface area (Å²) in [7, 11) is 0. The van der Waals surface area contributed by atoms with Gasteiger partial charge in [-0.3, -0.25) is 9.59 Å². The summed E-state index contributed by atoms with van der Waals surface area (Å²) < 4.78 is 0. The lowest BCUT2D eigenvalue weighted by molar-refractivity contribution is -0.107. The van der Waals surface area contributed by atoms with E-state index in [1.807, 2.05) is 36.4 Å². The van der Waals surface area contributed by atoms with E-state index in [4.69, 9.17) is 16.7 Å². The maximum atomic E-state index is 11.8. The van der Waals surface area contributed by atoms with Crippen LogP contribution in [0, 0.1) is 0 Å². The molecule has 0 aliphatic rings. The SMILES string of the molecule is NC(=O)c1c(N(N)C=O)[nH]c2cc(-c3cccc(CNCCO)c3)ccc12. The van der Waals surface area contributed by atoms with Gasteiger partial charge in [-0.15, -0.1) is 0 Å². The molecule has 3 rings (SSSR count). The number of aliphatic hydroxyl groups excluding tert-OH is 1. The van der Waals surface area contributed by atoms with E-state index in [0.717, 1.165) is 21.7 Å². The number of aromatic amines is 1. The maximum Gasteiger partial charge on any atom is 0.253 e. The Morgan fingerprint density at radius 3 is 2.70 bits per heavy atom. The predicted molar refractivity (Wildman–Crippen MR) is 104 cm³/mol. The van der Waals surface area contributed by atoms with Gasteiger partial charge in [0.05, 0.1) is 12.2 Å². The van der Waals surface area contributed by atoms with Crippen LogP contribution in [-0.4, -0.2) is 35.6 Å². The number of hydrogen-bond acceptors (Lipinski definition) is 5. The number of nitrogens with zero attached hydrogens (tertiary/aromatic N) is 1. The Kier molecular flexibility index (Phi) is 5.51. The van der Waals surface area contributed by atoms with Gasteiger partial charge in [-0.05, 0) is 28.8 Å². The van der Waals surface area contributed by atoms with Gasteiger partial charge in [-0.25, -0.2) is 10.9 Å². The van der Waals surface area contributed by atoms with Gasteiger partial charge in [0.2, 0.25) is 6.41 Å². The molecule has 1 heterocycles. The smallest absolute Gasteiger partial charge is 0.253 e. The lowest BCUT2D eigenvalue weighted by Gasteiger charge is -2.08. The number of carbonyl (C=O) groups is 2. The fraction of sp³-hybridized carbons (Fsp3) is 0.158. The molecule has 2 aromatic carbocycles. The average molecular weight is 367 g/mol. The number of anilines is 1. The molecule has 0 saturated carbocycles. The number of H-pyrrole nitrogens is 1. The first kappa shape index (κ1) is 18.6. The number of aromatic nitrogens is 1. The minimum atomic E-state index is -0.668. The van der Waals surface area contributed by atoms with Gasteiger partial charge in [0.25, 0.3) is 5.91 Å². The van der Waals surface area contributed by atoms with Gasteiger partial charge in [0.15, 0.2) is 0 Å². The van der Waals surface area contributed by atoms with Gasteiger partial charge in [-0.2, -0.15) is 0 Å². The standard InChI is InChI=1S/C19H21N5O3/c20-18(27)17-15-5-4-14(9-16(15)23-19(17)24(21)11-26)13-3-1-2-12(8-13)10-22-6-7-25/h1-5,8-9,11,22-23,25H,6-7,10,21H2,(H2,20,27). The summed E-state index contributed by atoms with van der Waals surface area (Å²) in [5.41, 5.74) is 9.30. The summed E-state index contributed by atoms with van der Waals surface area (Å²) in [6.45, 7) is 1.27. The number of nitrogens with two attached hydrogens (primary N) is 2. The van der Waals surface area contributed by atoms with Crippen LogP contribution in [0.25, 0.3) is 22.0 Å². The highest BCUT2D eigenvalue weighted by Crippen LogP contribution is 2.31. The van der Waals surface area contributed by atoms with Crippen molar-refractivity contribution in [3.63, 3.8) is 0 Å². The molecule has 0 radical (unpaired) electrons. The number of rotatable bonds is 8. The topological polar surface area (TPSA) is 137 Å². The summed E-state index contributed by atoms with van der Waals surface area (Å²) in [5, 5.41) is 13.4. The number of nitrogens with one attached hydrogen (secondary N) is 2. The van der Waals surface area contributed by atoms with Crippen molar-refractivity contribution in [1.29, 1.82) is 0 Å². The molecular formula is C19H21N5O3. The second-order valence-corrected chi connectivity index (χ2v) is 6.09. The lowest BCUT2D eigenvalue weighted by atomic mass is 10.0. The lowest BCUT2D eigenvalue weighted by Crippen LogP contribution is -2.31. The van der Waals surface area contributed by atoms with E-state index >= 15 is 0 Å². The molecule has 0 atom stereocenters. The Morgan fingerprint density at radius 1 is 1.22 bits per heavy atom. The van der Waals surface area contributed by atoms with Crippen LogP contribution in [-0.2, 0) is 11.3 Å². The van der Waals surface area contributed by atoms with E-state index in [-0.39, 0.29) is 18.0 Å². The molecule has 0 bridgehead atoms. The van der Waals surface area contributed by atoms with Crippen LogP contribution in [0.4, 0.5) is 5.82 Å². The Bertz CT molecular complexity index is 983. The first-order valence-electron chi connectivity index (χ1n) is 8.40. The van der Waals surface area contributed by atoms with Crippen LogP contribution < -0.4 is 21.9 Å². The van der Waals surface area contributed by atoms with Crippen LogP contribution >= 0.6 is 0 Å². The maximum absolute atomic E-state index is 11.8. The fourth-order valence-corrected chi connectivity index (χ4v) is 3.03. The van der Waals surface area contributed by atoms with E-state index in [0.29, 0.717) is 30.4 Å². The Labute approximate surface area is 155 Å². The molecule has 140 valence electrons. The monoisotopic (exact) mass is 367 g/mol. The van der Waals surface area contributed by atoms with Crippen molar-refractivity contribution in [1.82, 2.24) is 10.3 Å². The third-order valence-electron chi connectivity index (χ3n) is 4.27. The second-order valence-electron chi connectivity index (χ2n) is 6.09. The largest absolute Gasteiger partial charge is 0.395 e. The van der Waals surface area contributed by atoms with Crippen molar-refractivity contribution in [2.75, 3.05) is 18.2 Å². The molecule has 0 aliphatic carbocycles. The Balaban J connectivity index is 2.01. The molecule has 0 fully saturated rings. The van der Waals surface area contributed by atoms with E-state index in [9.17, 15) is 9.59 Å². The van der Waals surface area contributed by atoms with Gasteiger partial charge in [-0.1, -0.05) is 30.3 Å². The van der Waals surface area contributed by atoms with Crippen LogP contribution in [0.3, 0.4) is 0 Å². The highest BCUT2D eigenvalue weighted by Gasteiger charge is 2.19. The molecule has 1 aromatic heterocycles. The van der Waals surface area contributed by atoms with Crippen molar-refractivity contribution >= 4 is 29.0 Å². The van der Waals surface area contributed by atoms with E-state index in [1.54, 1.807) is 6.07 Å². The van der Waals surface area contributed by atoms with Gasteiger partial charge in [0, 0.05) is 24.0 Å². The number of hydrogen-bond donors (Lipinski definition) is 5. The highest BCUT2D eigenvalue weighted by molar-refractivity contribution is 6.12. The first-order chi connectivity index (χ1) is 13.0. The fourth-order valence-electron chi connectivity index (χ4n) is 3.03. The minimum absolute atomic E-state index is 0.0899. The summed E-state index contributed by atoms with van der Waals surface area (Å²) in [5.74, 6) is 5.12. The van der Waals surface area contributed by atoms with Crippen molar-refractivity contribution in [2.24, 2.45) is 11.6 Å². The minimum Gasteiger partial charge on any atom is -0.395 e. The van der Waals surface area contributed by atoms with Gasteiger partial charge >= 0.3 is 0 Å². The van der Waals surface area contributed by atoms with Crippen molar-refractivity contribution in [3.05, 3.63) is 53.6 Å². The van der Waals surface area contributed by atoms with Crippen molar-refractivity contribution < 1.29 is 14.7 Å². The van der Waals surface area contributed by atoms with Gasteiger partial charge in [0.1, 0.15) is 5.82 Å². The first-order valence-corrected chi connectivity index (χ1v) is 8.40. The number of fused-ring (bicyclic) bond motifs is 1. The van der Waals surface area contributed by atoms with E-state index in [2.05, 4.69) is 10.3 Å². The van der Waals surface area contributed by atoms with Crippen LogP contribution in [0.5, 0.6) is 0 Å². The zero-order valence-electron chi connectivity index (χ0n) is 14.6. The zero-order valence-corrected chi connectivity index (χ0v) is 14.6. The molecule has 0 spiro atoms. The molecule has 0 unspecified atom stereocenters. The number of hydrazine groups is 1. The normalized spacial score (nSPS) is 10.9. The Hall–Kier alpha value is -3.20. The number of aliphatic hydroxyl groups is 1. The Morgan fingerprint density at radius 2 is 2.00 bits per heavy atom. The van der Waals surface area contributed by atoms with Crippen molar-refractivity contribution in [2.45, 2.75) is 6.54 Å². The summed E-state index contributed by atoms with van der Waals surface area (Å²) in [6.07, 6.45) is 0.404. The number of primary amides is 1. The van der Waals surface area contributed by atoms with E-state index in [1.165, 1.54) is 0 Å². The molecule has 2 amide bonds. The molecule has 8 heteroatoms.